The summed E-state index contributed by atoms with van der Waals surface area (Å²) in [5, 5.41) is 18.8. The smallest absolute Gasteiger partial charge is 0.233 e. The van der Waals surface area contributed by atoms with Crippen molar-refractivity contribution in [2.75, 3.05) is 14.2 Å². The maximum absolute atomic E-state index is 12.8. The van der Waals surface area contributed by atoms with Crippen molar-refractivity contribution in [3.63, 3.8) is 0 Å². The molecular formula is C30H22O8. The second-order valence-corrected chi connectivity index (χ2v) is 8.24. The molecule has 0 bridgehead atoms. The Morgan fingerprint density at radius 1 is 0.474 bits per heavy atom. The summed E-state index contributed by atoms with van der Waals surface area (Å²) in [7, 11) is 2.82. The van der Waals surface area contributed by atoms with E-state index in [9.17, 15) is 29.4 Å². The fraction of sp³-hybridized carbons (Fsp3) is 0.0667. The summed E-state index contributed by atoms with van der Waals surface area (Å²) in [6.45, 7) is 0. The van der Waals surface area contributed by atoms with Crippen LogP contribution in [0.25, 0.3) is 11.1 Å². The second kappa shape index (κ2) is 10.8. The Labute approximate surface area is 217 Å². The van der Waals surface area contributed by atoms with Gasteiger partial charge in [-0.3, -0.25) is 19.2 Å². The van der Waals surface area contributed by atoms with Crippen LogP contribution in [0.4, 0.5) is 0 Å². The number of hydrogen-bond donors (Lipinski definition) is 2. The van der Waals surface area contributed by atoms with Crippen molar-refractivity contribution >= 4 is 23.1 Å². The van der Waals surface area contributed by atoms with Gasteiger partial charge in [-0.05, 0) is 72.8 Å². The molecule has 0 aliphatic heterocycles. The zero-order chi connectivity index (χ0) is 27.4. The number of aromatic hydroxyl groups is 2. The van der Waals surface area contributed by atoms with Crippen molar-refractivity contribution in [1.82, 2.24) is 0 Å². The molecule has 0 fully saturated rings. The van der Waals surface area contributed by atoms with Crippen molar-refractivity contribution in [2.45, 2.75) is 0 Å². The van der Waals surface area contributed by atoms with Crippen LogP contribution in [0.3, 0.4) is 0 Å². The molecule has 4 aromatic carbocycles. The fourth-order valence-electron chi connectivity index (χ4n) is 3.86. The molecule has 8 heteroatoms. The summed E-state index contributed by atoms with van der Waals surface area (Å²) in [6.07, 6.45) is 0. The lowest BCUT2D eigenvalue weighted by Gasteiger charge is -2.14. The molecule has 38 heavy (non-hydrogen) atoms. The van der Waals surface area contributed by atoms with Gasteiger partial charge >= 0.3 is 0 Å². The summed E-state index contributed by atoms with van der Waals surface area (Å²) in [6, 6.07) is 19.8. The van der Waals surface area contributed by atoms with E-state index in [4.69, 9.17) is 9.47 Å². The van der Waals surface area contributed by atoms with Crippen LogP contribution in [0.5, 0.6) is 23.0 Å². The number of hydrogen-bond acceptors (Lipinski definition) is 8. The summed E-state index contributed by atoms with van der Waals surface area (Å²) in [5.74, 6) is -2.45. The van der Waals surface area contributed by atoms with Crippen LogP contribution in [0.1, 0.15) is 41.4 Å². The van der Waals surface area contributed by atoms with Crippen molar-refractivity contribution in [2.24, 2.45) is 0 Å². The average Bonchev–Trinajstić information content (AvgIpc) is 2.95. The highest BCUT2D eigenvalue weighted by molar-refractivity contribution is 6.49. The molecule has 4 rings (SSSR count). The number of carbonyl (C=O) groups is 4. The molecule has 190 valence electrons. The predicted molar refractivity (Wildman–Crippen MR) is 139 cm³/mol. The van der Waals surface area contributed by atoms with E-state index in [1.54, 1.807) is 12.1 Å². The van der Waals surface area contributed by atoms with Crippen LogP contribution in [-0.2, 0) is 0 Å². The maximum Gasteiger partial charge on any atom is 0.233 e. The Kier molecular flexibility index (Phi) is 7.34. The van der Waals surface area contributed by atoms with E-state index < -0.39 is 23.1 Å². The molecule has 0 saturated heterocycles. The standard InChI is InChI=1S/C30H22O8/c1-37-25-15-19(29(35)27(33)17-3-9-21(31)10-4-17)7-13-23(25)24-14-8-20(16-26(24)38-2)30(36)28(34)18-5-11-22(32)12-6-18/h3-16,31-32H,1-2H3. The van der Waals surface area contributed by atoms with Crippen molar-refractivity contribution < 1.29 is 38.9 Å². The van der Waals surface area contributed by atoms with Gasteiger partial charge in [0.25, 0.3) is 0 Å². The fourth-order valence-corrected chi connectivity index (χ4v) is 3.86. The number of methoxy groups -OCH3 is 2. The van der Waals surface area contributed by atoms with E-state index >= 15 is 0 Å². The van der Waals surface area contributed by atoms with Gasteiger partial charge in [0, 0.05) is 33.4 Å². The highest BCUT2D eigenvalue weighted by Crippen LogP contribution is 2.38. The molecular weight excluding hydrogens is 488 g/mol. The molecule has 0 aliphatic rings. The van der Waals surface area contributed by atoms with E-state index in [0.29, 0.717) is 11.1 Å². The predicted octanol–water partition coefficient (Wildman–Crippen LogP) is 4.91. The lowest BCUT2D eigenvalue weighted by molar-refractivity contribution is 0.0816. The number of benzene rings is 4. The van der Waals surface area contributed by atoms with Crippen molar-refractivity contribution in [3.05, 3.63) is 107 Å². The van der Waals surface area contributed by atoms with Gasteiger partial charge in [-0.1, -0.05) is 12.1 Å². The van der Waals surface area contributed by atoms with Gasteiger partial charge < -0.3 is 19.7 Å². The van der Waals surface area contributed by atoms with Crippen molar-refractivity contribution in [1.29, 1.82) is 0 Å². The number of rotatable bonds is 9. The van der Waals surface area contributed by atoms with Crippen LogP contribution < -0.4 is 9.47 Å². The summed E-state index contributed by atoms with van der Waals surface area (Å²) >= 11 is 0. The molecule has 0 saturated carbocycles. The summed E-state index contributed by atoms with van der Waals surface area (Å²) < 4.78 is 11.0. The molecule has 0 aromatic heterocycles. The SMILES string of the molecule is COc1cc(C(=O)C(=O)c2ccc(O)cc2)ccc1-c1ccc(C(=O)C(=O)c2ccc(O)cc2)cc1OC. The molecule has 0 aliphatic carbocycles. The topological polar surface area (TPSA) is 127 Å². The quantitative estimate of drug-likeness (QED) is 0.240. The maximum atomic E-state index is 12.8. The van der Waals surface area contributed by atoms with E-state index in [-0.39, 0.29) is 45.3 Å². The number of ether oxygens (including phenoxy) is 2. The largest absolute Gasteiger partial charge is 0.508 e. The molecule has 8 nitrogen and oxygen atoms in total. The van der Waals surface area contributed by atoms with E-state index in [2.05, 4.69) is 0 Å². The Balaban J connectivity index is 1.64. The van der Waals surface area contributed by atoms with Crippen LogP contribution >= 0.6 is 0 Å². The minimum absolute atomic E-state index is 0.0218. The molecule has 0 unspecified atom stereocenters. The normalized spacial score (nSPS) is 10.5. The van der Waals surface area contributed by atoms with Crippen LogP contribution in [0, 0.1) is 0 Å². The average molecular weight is 510 g/mol. The van der Waals surface area contributed by atoms with Crippen LogP contribution in [0.15, 0.2) is 84.9 Å². The monoisotopic (exact) mass is 510 g/mol. The lowest BCUT2D eigenvalue weighted by Crippen LogP contribution is -2.15. The first-order valence-electron chi connectivity index (χ1n) is 11.4. The van der Waals surface area contributed by atoms with E-state index in [1.165, 1.54) is 87.0 Å². The number of ketones is 4. The number of carbonyl (C=O) groups excluding carboxylic acids is 4. The highest BCUT2D eigenvalue weighted by Gasteiger charge is 2.23. The summed E-state index contributed by atoms with van der Waals surface area (Å²) in [4.78, 5) is 50.9. The molecule has 0 radical (unpaired) electrons. The van der Waals surface area contributed by atoms with Gasteiger partial charge in [0.05, 0.1) is 14.2 Å². The third-order valence-corrected chi connectivity index (χ3v) is 5.89. The second-order valence-electron chi connectivity index (χ2n) is 8.24. The Hall–Kier alpha value is -5.24. The lowest BCUT2D eigenvalue weighted by atomic mass is 9.95. The molecule has 2 N–H and O–H groups in total. The Morgan fingerprint density at radius 2 is 0.763 bits per heavy atom. The van der Waals surface area contributed by atoms with Gasteiger partial charge in [-0.25, -0.2) is 0 Å². The molecule has 0 amide bonds. The van der Waals surface area contributed by atoms with E-state index in [1.807, 2.05) is 0 Å². The van der Waals surface area contributed by atoms with Gasteiger partial charge in [-0.15, -0.1) is 0 Å². The van der Waals surface area contributed by atoms with E-state index in [0.717, 1.165) is 0 Å². The molecule has 0 atom stereocenters. The van der Waals surface area contributed by atoms with Crippen molar-refractivity contribution in [3.8, 4) is 34.1 Å². The Morgan fingerprint density at radius 3 is 1.08 bits per heavy atom. The molecule has 0 spiro atoms. The highest BCUT2D eigenvalue weighted by atomic mass is 16.5. The minimum atomic E-state index is -0.749. The van der Waals surface area contributed by atoms with Gasteiger partial charge in [0.15, 0.2) is 0 Å². The summed E-state index contributed by atoms with van der Waals surface area (Å²) in [5.41, 5.74) is 1.55. The first-order valence-corrected chi connectivity index (χ1v) is 11.4. The number of phenols is 2. The Bertz CT molecular complexity index is 1430. The van der Waals surface area contributed by atoms with Gasteiger partial charge in [0.2, 0.25) is 23.1 Å². The van der Waals surface area contributed by atoms with Crippen LogP contribution in [0.2, 0.25) is 0 Å². The van der Waals surface area contributed by atoms with Gasteiger partial charge in [-0.2, -0.15) is 0 Å². The van der Waals surface area contributed by atoms with Crippen LogP contribution in [-0.4, -0.2) is 47.6 Å². The first kappa shape index (κ1) is 25.8. The third-order valence-electron chi connectivity index (χ3n) is 5.89. The molecule has 4 aromatic rings. The number of phenolic OH excluding ortho intramolecular Hbond substituents is 2. The number of Topliss-reactive ketones (excluding diaryl/α,β-unsaturated/α-hetero) is 4. The minimum Gasteiger partial charge on any atom is -0.508 e. The zero-order valence-electron chi connectivity index (χ0n) is 20.4. The zero-order valence-corrected chi connectivity index (χ0v) is 20.4. The third kappa shape index (κ3) is 5.15. The first-order chi connectivity index (χ1) is 18.2. The van der Waals surface area contributed by atoms with Gasteiger partial charge in [0.1, 0.15) is 23.0 Å². The molecule has 0 heterocycles.